The van der Waals surface area contributed by atoms with Crippen LogP contribution in [0.1, 0.15) is 47.8 Å². The molecule has 0 aromatic heterocycles. The number of aliphatic hydroxyl groups is 1. The molecule has 0 aliphatic carbocycles. The Morgan fingerprint density at radius 3 is 2.37 bits per heavy atom. The van der Waals surface area contributed by atoms with Crippen molar-refractivity contribution in [1.29, 1.82) is 5.41 Å². The summed E-state index contributed by atoms with van der Waals surface area (Å²) in [5.41, 5.74) is -0.850. The highest BCUT2D eigenvalue weighted by Crippen LogP contribution is 2.35. The van der Waals surface area contributed by atoms with Gasteiger partial charge in [-0.3, -0.25) is 4.79 Å². The largest absolute Gasteiger partial charge is 0.417 e. The van der Waals surface area contributed by atoms with Crippen LogP contribution in [0.15, 0.2) is 36.4 Å². The normalized spacial score (nSPS) is 10.7. The van der Waals surface area contributed by atoms with Crippen LogP contribution in [-0.4, -0.2) is 16.7 Å². The molecular formula is C19H20ClF3N2O2. The SMILES string of the molecule is CC.CC(=N)c1ccc(CO)cc1NC(=O)c1c(Cl)cccc1C(F)(F)F. The maximum Gasteiger partial charge on any atom is 0.417 e. The van der Waals surface area contributed by atoms with Gasteiger partial charge in [0.05, 0.1) is 28.4 Å². The molecule has 1 amide bonds. The van der Waals surface area contributed by atoms with Gasteiger partial charge < -0.3 is 15.8 Å². The van der Waals surface area contributed by atoms with Gasteiger partial charge in [0.1, 0.15) is 0 Å². The summed E-state index contributed by atoms with van der Waals surface area (Å²) in [6, 6.07) is 7.53. The molecule has 146 valence electrons. The van der Waals surface area contributed by atoms with Gasteiger partial charge in [0.15, 0.2) is 0 Å². The van der Waals surface area contributed by atoms with E-state index in [0.29, 0.717) is 11.1 Å². The lowest BCUT2D eigenvalue weighted by molar-refractivity contribution is -0.137. The van der Waals surface area contributed by atoms with Gasteiger partial charge >= 0.3 is 6.18 Å². The third kappa shape index (κ3) is 5.55. The van der Waals surface area contributed by atoms with Crippen LogP contribution in [0.3, 0.4) is 0 Å². The van der Waals surface area contributed by atoms with Crippen LogP contribution < -0.4 is 5.32 Å². The standard InChI is InChI=1S/C17H14ClF3N2O2.C2H6/c1-9(22)11-6-5-10(8-24)7-14(11)23-16(25)15-12(17(19,20)21)3-2-4-13(15)18;1-2/h2-7,22,24H,8H2,1H3,(H,23,25);1-2H3. The first kappa shape index (κ1) is 22.7. The maximum atomic E-state index is 13.1. The molecule has 3 N–H and O–H groups in total. The number of carbonyl (C=O) groups is 1. The van der Waals surface area contributed by atoms with Crippen molar-refractivity contribution in [2.75, 3.05) is 5.32 Å². The third-order valence-corrected chi connectivity index (χ3v) is 3.78. The minimum absolute atomic E-state index is 0.106. The fourth-order valence-electron chi connectivity index (χ4n) is 2.30. The van der Waals surface area contributed by atoms with Crippen molar-refractivity contribution in [2.24, 2.45) is 0 Å². The number of anilines is 1. The number of amides is 1. The van der Waals surface area contributed by atoms with E-state index in [1.807, 2.05) is 13.8 Å². The summed E-state index contributed by atoms with van der Waals surface area (Å²) in [4.78, 5) is 12.4. The second kappa shape index (κ2) is 9.53. The molecule has 0 saturated carbocycles. The number of halogens is 4. The van der Waals surface area contributed by atoms with E-state index in [2.05, 4.69) is 5.32 Å². The third-order valence-electron chi connectivity index (χ3n) is 3.46. The number of aliphatic hydroxyl groups excluding tert-OH is 1. The van der Waals surface area contributed by atoms with E-state index in [1.165, 1.54) is 25.1 Å². The van der Waals surface area contributed by atoms with E-state index < -0.39 is 23.2 Å². The zero-order chi connectivity index (χ0) is 20.8. The Morgan fingerprint density at radius 1 is 1.22 bits per heavy atom. The Labute approximate surface area is 160 Å². The first-order chi connectivity index (χ1) is 12.6. The molecule has 0 bridgehead atoms. The second-order valence-corrected chi connectivity index (χ2v) is 5.68. The number of hydrogen-bond acceptors (Lipinski definition) is 3. The molecule has 0 aliphatic heterocycles. The van der Waals surface area contributed by atoms with Crippen molar-refractivity contribution in [1.82, 2.24) is 0 Å². The van der Waals surface area contributed by atoms with Crippen molar-refractivity contribution >= 4 is 28.9 Å². The van der Waals surface area contributed by atoms with Crippen molar-refractivity contribution in [3.05, 3.63) is 63.7 Å². The Bertz CT molecular complexity index is 836. The molecule has 0 fully saturated rings. The summed E-state index contributed by atoms with van der Waals surface area (Å²) in [6.45, 7) is 5.15. The van der Waals surface area contributed by atoms with Crippen LogP contribution in [0.25, 0.3) is 0 Å². The fourth-order valence-corrected chi connectivity index (χ4v) is 2.56. The molecule has 2 aromatic carbocycles. The molecule has 0 radical (unpaired) electrons. The zero-order valence-electron chi connectivity index (χ0n) is 15.0. The highest BCUT2D eigenvalue weighted by Gasteiger charge is 2.36. The molecule has 2 aromatic rings. The van der Waals surface area contributed by atoms with Crippen LogP contribution in [-0.2, 0) is 12.8 Å². The topological polar surface area (TPSA) is 73.2 Å². The van der Waals surface area contributed by atoms with E-state index in [9.17, 15) is 23.1 Å². The van der Waals surface area contributed by atoms with Crippen molar-refractivity contribution in [2.45, 2.75) is 33.6 Å². The number of rotatable bonds is 4. The van der Waals surface area contributed by atoms with Crippen molar-refractivity contribution in [3.63, 3.8) is 0 Å². The number of nitrogens with one attached hydrogen (secondary N) is 2. The van der Waals surface area contributed by atoms with Gasteiger partial charge in [-0.05, 0) is 30.7 Å². The molecule has 0 heterocycles. The highest BCUT2D eigenvalue weighted by molar-refractivity contribution is 6.34. The van der Waals surface area contributed by atoms with E-state index in [1.54, 1.807) is 6.07 Å². The van der Waals surface area contributed by atoms with Gasteiger partial charge in [0.2, 0.25) is 0 Å². The zero-order valence-corrected chi connectivity index (χ0v) is 15.8. The van der Waals surface area contributed by atoms with Gasteiger partial charge in [-0.25, -0.2) is 0 Å². The summed E-state index contributed by atoms with van der Waals surface area (Å²) in [7, 11) is 0. The Kier molecular flexibility index (Phi) is 7.99. The maximum absolute atomic E-state index is 13.1. The van der Waals surface area contributed by atoms with Gasteiger partial charge in [-0.2, -0.15) is 13.2 Å². The second-order valence-electron chi connectivity index (χ2n) is 5.28. The quantitative estimate of drug-likeness (QED) is 0.591. The van der Waals surface area contributed by atoms with Gasteiger partial charge in [-0.1, -0.05) is 43.6 Å². The van der Waals surface area contributed by atoms with E-state index in [-0.39, 0.29) is 23.0 Å². The van der Waals surface area contributed by atoms with Gasteiger partial charge in [0.25, 0.3) is 5.91 Å². The summed E-state index contributed by atoms with van der Waals surface area (Å²) >= 11 is 5.81. The molecule has 27 heavy (non-hydrogen) atoms. The predicted octanol–water partition coefficient (Wildman–Crippen LogP) is 5.52. The summed E-state index contributed by atoms with van der Waals surface area (Å²) in [5.74, 6) is -1.05. The first-order valence-corrected chi connectivity index (χ1v) is 8.49. The molecular weight excluding hydrogens is 381 g/mol. The monoisotopic (exact) mass is 400 g/mol. The van der Waals surface area contributed by atoms with Crippen LogP contribution in [0.2, 0.25) is 5.02 Å². The highest BCUT2D eigenvalue weighted by atomic mass is 35.5. The summed E-state index contributed by atoms with van der Waals surface area (Å²) in [5, 5.41) is 18.9. The molecule has 4 nitrogen and oxygen atoms in total. The first-order valence-electron chi connectivity index (χ1n) is 8.11. The number of alkyl halides is 3. The average Bonchev–Trinajstić information content (AvgIpc) is 2.61. The number of carbonyl (C=O) groups excluding carboxylic acids is 1. The van der Waals surface area contributed by atoms with Gasteiger partial charge in [-0.15, -0.1) is 0 Å². The van der Waals surface area contributed by atoms with Crippen LogP contribution in [0, 0.1) is 5.41 Å². The Morgan fingerprint density at radius 2 is 1.85 bits per heavy atom. The number of hydrogen-bond donors (Lipinski definition) is 3. The molecule has 8 heteroatoms. The summed E-state index contributed by atoms with van der Waals surface area (Å²) < 4.78 is 39.4. The average molecular weight is 401 g/mol. The molecule has 0 atom stereocenters. The number of benzene rings is 2. The minimum Gasteiger partial charge on any atom is -0.392 e. The Hall–Kier alpha value is -2.38. The van der Waals surface area contributed by atoms with Crippen molar-refractivity contribution < 1.29 is 23.1 Å². The van der Waals surface area contributed by atoms with Crippen molar-refractivity contribution in [3.8, 4) is 0 Å². The lowest BCUT2D eigenvalue weighted by atomic mass is 10.0. The van der Waals surface area contributed by atoms with Crippen LogP contribution in [0.5, 0.6) is 0 Å². The van der Waals surface area contributed by atoms with E-state index in [0.717, 1.165) is 12.1 Å². The van der Waals surface area contributed by atoms with E-state index >= 15 is 0 Å². The molecule has 0 saturated heterocycles. The molecule has 0 aliphatic rings. The molecule has 0 spiro atoms. The smallest absolute Gasteiger partial charge is 0.392 e. The minimum atomic E-state index is -4.75. The molecule has 0 unspecified atom stereocenters. The Balaban J connectivity index is 0.00000176. The lowest BCUT2D eigenvalue weighted by Gasteiger charge is -2.16. The predicted molar refractivity (Wildman–Crippen MR) is 101 cm³/mol. The van der Waals surface area contributed by atoms with Crippen LogP contribution >= 0.6 is 11.6 Å². The fraction of sp³-hybridized carbons (Fsp3) is 0.263. The van der Waals surface area contributed by atoms with Gasteiger partial charge in [0, 0.05) is 11.3 Å². The summed E-state index contributed by atoms with van der Waals surface area (Å²) in [6.07, 6.45) is -4.75. The molecule has 2 rings (SSSR count). The van der Waals surface area contributed by atoms with E-state index in [4.69, 9.17) is 17.0 Å². The lowest BCUT2D eigenvalue weighted by Crippen LogP contribution is -2.20. The van der Waals surface area contributed by atoms with Crippen LogP contribution in [0.4, 0.5) is 18.9 Å².